The van der Waals surface area contributed by atoms with Crippen LogP contribution in [-0.2, 0) is 10.0 Å². The second-order valence-corrected chi connectivity index (χ2v) is 6.48. The van der Waals surface area contributed by atoms with Crippen LogP contribution in [0.15, 0.2) is 44.1 Å². The molecule has 0 radical (unpaired) electrons. The lowest BCUT2D eigenvalue weighted by molar-refractivity contribution is 0.503. The summed E-state index contributed by atoms with van der Waals surface area (Å²) in [4.78, 5) is -0.117. The standard InChI is InChI=1S/C14H12FN3O4S/c1-8-7-12(9(2)21-8)13-16-17-14(22-13)18-23(19,20)11-5-3-10(15)4-6-11/h3-7H,1-2H3,(H,17,18). The van der Waals surface area contributed by atoms with E-state index >= 15 is 0 Å². The third kappa shape index (κ3) is 3.09. The van der Waals surface area contributed by atoms with E-state index in [9.17, 15) is 12.8 Å². The van der Waals surface area contributed by atoms with Crippen LogP contribution in [0.3, 0.4) is 0 Å². The zero-order valence-electron chi connectivity index (χ0n) is 12.2. The van der Waals surface area contributed by atoms with Crippen molar-refractivity contribution in [3.8, 4) is 11.5 Å². The maximum Gasteiger partial charge on any atom is 0.330 e. The lowest BCUT2D eigenvalue weighted by Crippen LogP contribution is -2.13. The minimum atomic E-state index is -3.94. The van der Waals surface area contributed by atoms with Gasteiger partial charge in [-0.1, -0.05) is 5.10 Å². The number of furan rings is 1. The summed E-state index contributed by atoms with van der Waals surface area (Å²) in [7, 11) is -3.94. The first-order chi connectivity index (χ1) is 10.8. The maximum atomic E-state index is 12.9. The second kappa shape index (κ2) is 5.51. The van der Waals surface area contributed by atoms with Crippen molar-refractivity contribution in [2.45, 2.75) is 18.7 Å². The first kappa shape index (κ1) is 15.2. The Morgan fingerprint density at radius 2 is 1.78 bits per heavy atom. The molecule has 0 amide bonds. The van der Waals surface area contributed by atoms with E-state index < -0.39 is 15.8 Å². The van der Waals surface area contributed by atoms with Gasteiger partial charge >= 0.3 is 6.01 Å². The van der Waals surface area contributed by atoms with Crippen molar-refractivity contribution < 1.29 is 21.6 Å². The topological polar surface area (TPSA) is 98.2 Å². The Labute approximate surface area is 131 Å². The highest BCUT2D eigenvalue weighted by Gasteiger charge is 2.20. The van der Waals surface area contributed by atoms with Gasteiger partial charge in [-0.3, -0.25) is 0 Å². The van der Waals surface area contributed by atoms with Gasteiger partial charge in [-0.05, 0) is 44.2 Å². The number of rotatable bonds is 4. The fourth-order valence-electron chi connectivity index (χ4n) is 2.00. The van der Waals surface area contributed by atoms with Crippen molar-refractivity contribution >= 4 is 16.0 Å². The number of hydrogen-bond donors (Lipinski definition) is 1. The molecule has 0 aliphatic rings. The Morgan fingerprint density at radius 1 is 1.09 bits per heavy atom. The minimum absolute atomic E-state index is 0.117. The van der Waals surface area contributed by atoms with Crippen molar-refractivity contribution in [1.82, 2.24) is 10.2 Å². The van der Waals surface area contributed by atoms with Crippen LogP contribution in [0, 0.1) is 19.7 Å². The third-order valence-electron chi connectivity index (χ3n) is 3.04. The summed E-state index contributed by atoms with van der Waals surface area (Å²) in [6.45, 7) is 3.50. The minimum Gasteiger partial charge on any atom is -0.466 e. The summed E-state index contributed by atoms with van der Waals surface area (Å²) in [6.07, 6.45) is 0. The normalized spacial score (nSPS) is 11.6. The van der Waals surface area contributed by atoms with Gasteiger partial charge in [0.05, 0.1) is 10.5 Å². The fourth-order valence-corrected chi connectivity index (χ4v) is 2.93. The molecule has 0 aliphatic heterocycles. The lowest BCUT2D eigenvalue weighted by atomic mass is 10.2. The molecule has 3 aromatic rings. The van der Waals surface area contributed by atoms with E-state index in [1.807, 2.05) is 0 Å². The summed E-state index contributed by atoms with van der Waals surface area (Å²) in [5, 5.41) is 7.44. The molecule has 0 unspecified atom stereocenters. The number of halogens is 1. The van der Waals surface area contributed by atoms with Gasteiger partial charge in [-0.25, -0.2) is 17.5 Å². The number of anilines is 1. The van der Waals surface area contributed by atoms with E-state index in [0.29, 0.717) is 17.1 Å². The number of nitrogens with one attached hydrogen (secondary N) is 1. The molecule has 7 nitrogen and oxygen atoms in total. The van der Waals surface area contributed by atoms with Crippen molar-refractivity contribution in [2.75, 3.05) is 4.72 Å². The van der Waals surface area contributed by atoms with Crippen LogP contribution >= 0.6 is 0 Å². The number of aromatic nitrogens is 2. The summed E-state index contributed by atoms with van der Waals surface area (Å²) >= 11 is 0. The lowest BCUT2D eigenvalue weighted by Gasteiger charge is -2.03. The van der Waals surface area contributed by atoms with Crippen LogP contribution < -0.4 is 4.72 Å². The molecule has 3 rings (SSSR count). The molecule has 2 heterocycles. The van der Waals surface area contributed by atoms with Gasteiger partial charge in [0.25, 0.3) is 15.9 Å². The number of nitrogens with zero attached hydrogens (tertiary/aromatic N) is 2. The first-order valence-corrected chi connectivity index (χ1v) is 8.03. The molecule has 1 aromatic carbocycles. The molecule has 23 heavy (non-hydrogen) atoms. The highest BCUT2D eigenvalue weighted by Crippen LogP contribution is 2.27. The van der Waals surface area contributed by atoms with Gasteiger partial charge < -0.3 is 8.83 Å². The summed E-state index contributed by atoms with van der Waals surface area (Å²) in [5.74, 6) is 0.856. The van der Waals surface area contributed by atoms with E-state index in [1.54, 1.807) is 19.9 Å². The Bertz CT molecular complexity index is 945. The molecule has 120 valence electrons. The number of sulfonamides is 1. The van der Waals surface area contributed by atoms with E-state index in [2.05, 4.69) is 14.9 Å². The van der Waals surface area contributed by atoms with Gasteiger partial charge in [-0.2, -0.15) is 0 Å². The second-order valence-electron chi connectivity index (χ2n) is 4.80. The molecule has 0 fully saturated rings. The maximum absolute atomic E-state index is 12.9. The van der Waals surface area contributed by atoms with Gasteiger partial charge in [0.15, 0.2) is 0 Å². The van der Waals surface area contributed by atoms with Crippen molar-refractivity contribution in [3.05, 3.63) is 47.7 Å². The van der Waals surface area contributed by atoms with Crippen molar-refractivity contribution in [2.24, 2.45) is 0 Å². The fraction of sp³-hybridized carbons (Fsp3) is 0.143. The first-order valence-electron chi connectivity index (χ1n) is 6.54. The molecule has 9 heteroatoms. The monoisotopic (exact) mass is 337 g/mol. The third-order valence-corrected chi connectivity index (χ3v) is 4.38. The predicted octanol–water partition coefficient (Wildman–Crippen LogP) is 2.89. The van der Waals surface area contributed by atoms with E-state index in [-0.39, 0.29) is 16.8 Å². The number of hydrogen-bond acceptors (Lipinski definition) is 6. The summed E-state index contributed by atoms with van der Waals surface area (Å²) in [6, 6.07) is 5.79. The highest BCUT2D eigenvalue weighted by molar-refractivity contribution is 7.92. The molecule has 2 aromatic heterocycles. The average molecular weight is 337 g/mol. The smallest absolute Gasteiger partial charge is 0.330 e. The summed E-state index contributed by atoms with van der Waals surface area (Å²) in [5.41, 5.74) is 0.585. The van der Waals surface area contributed by atoms with Crippen LogP contribution in [0.4, 0.5) is 10.4 Å². The van der Waals surface area contributed by atoms with E-state index in [1.165, 1.54) is 0 Å². The van der Waals surface area contributed by atoms with E-state index in [0.717, 1.165) is 24.3 Å². The van der Waals surface area contributed by atoms with Crippen molar-refractivity contribution in [3.63, 3.8) is 0 Å². The molecule has 1 N–H and O–H groups in total. The Hall–Kier alpha value is -2.68. The average Bonchev–Trinajstić information content (AvgIpc) is 3.05. The van der Waals surface area contributed by atoms with Gasteiger partial charge in [0.2, 0.25) is 0 Å². The summed E-state index contributed by atoms with van der Waals surface area (Å²) < 4.78 is 50.0. The Kier molecular flexibility index (Phi) is 3.64. The van der Waals surface area contributed by atoms with Crippen LogP contribution in [0.1, 0.15) is 11.5 Å². The zero-order chi connectivity index (χ0) is 16.6. The van der Waals surface area contributed by atoms with Gasteiger partial charge in [0, 0.05) is 0 Å². The van der Waals surface area contributed by atoms with Crippen LogP contribution in [0.5, 0.6) is 0 Å². The van der Waals surface area contributed by atoms with Crippen LogP contribution in [-0.4, -0.2) is 18.6 Å². The quantitative estimate of drug-likeness (QED) is 0.786. The molecular weight excluding hydrogens is 325 g/mol. The predicted molar refractivity (Wildman–Crippen MR) is 78.7 cm³/mol. The molecule has 0 saturated heterocycles. The zero-order valence-corrected chi connectivity index (χ0v) is 13.0. The molecule has 0 bridgehead atoms. The molecule has 0 spiro atoms. The number of benzene rings is 1. The van der Waals surface area contributed by atoms with Crippen molar-refractivity contribution in [1.29, 1.82) is 0 Å². The SMILES string of the molecule is Cc1cc(-c2nnc(NS(=O)(=O)c3ccc(F)cc3)o2)c(C)o1. The Balaban J connectivity index is 1.86. The van der Waals surface area contributed by atoms with Crippen LogP contribution in [0.25, 0.3) is 11.5 Å². The highest BCUT2D eigenvalue weighted by atomic mass is 32.2. The largest absolute Gasteiger partial charge is 0.466 e. The molecule has 0 saturated carbocycles. The molecular formula is C14H12FN3O4S. The Morgan fingerprint density at radius 3 is 2.39 bits per heavy atom. The molecule has 0 aliphatic carbocycles. The van der Waals surface area contributed by atoms with E-state index in [4.69, 9.17) is 8.83 Å². The number of aryl methyl sites for hydroxylation is 2. The van der Waals surface area contributed by atoms with Gasteiger partial charge in [0.1, 0.15) is 17.3 Å². The van der Waals surface area contributed by atoms with Gasteiger partial charge in [-0.15, -0.1) is 5.10 Å². The molecule has 0 atom stereocenters. The van der Waals surface area contributed by atoms with Crippen LogP contribution in [0.2, 0.25) is 0 Å².